The van der Waals surface area contributed by atoms with Gasteiger partial charge in [0, 0.05) is 6.54 Å². The van der Waals surface area contributed by atoms with Crippen molar-refractivity contribution in [1.29, 1.82) is 0 Å². The number of piperazine rings is 1. The van der Waals surface area contributed by atoms with Crippen molar-refractivity contribution >= 4 is 15.9 Å². The fourth-order valence-electron chi connectivity index (χ4n) is 3.19. The number of carbonyl (C=O) groups is 1. The minimum absolute atomic E-state index is 0.00498. The number of nitrogens with zero attached hydrogens (tertiary/aromatic N) is 1. The molecule has 0 aromatic heterocycles. The monoisotopic (exact) mass is 396 g/mol. The average molecular weight is 397 g/mol. The topological polar surface area (TPSA) is 70.9 Å². The van der Waals surface area contributed by atoms with Crippen LogP contribution in [0.1, 0.15) is 46.1 Å². The van der Waals surface area contributed by atoms with Crippen molar-refractivity contribution in [2.24, 2.45) is 0 Å². The highest BCUT2D eigenvalue weighted by Gasteiger charge is 2.31. The summed E-state index contributed by atoms with van der Waals surface area (Å²) in [5, 5.41) is 2.92. The largest absolute Gasteiger partial charge is 0.351 e. The van der Waals surface area contributed by atoms with E-state index < -0.39 is 10.0 Å². The van der Waals surface area contributed by atoms with E-state index in [0.29, 0.717) is 44.2 Å². The Morgan fingerprint density at radius 2 is 1.74 bits per heavy atom. The van der Waals surface area contributed by atoms with Crippen LogP contribution in [0.15, 0.2) is 29.2 Å². The maximum atomic E-state index is 12.9. The van der Waals surface area contributed by atoms with Crippen LogP contribution in [-0.4, -0.2) is 57.9 Å². The Hall–Kier alpha value is -1.44. The van der Waals surface area contributed by atoms with Crippen LogP contribution in [0.25, 0.3) is 0 Å². The van der Waals surface area contributed by atoms with Crippen molar-refractivity contribution < 1.29 is 18.1 Å². The van der Waals surface area contributed by atoms with Gasteiger partial charge in [-0.15, -0.1) is 0 Å². The minimum atomic E-state index is -3.47. The molecule has 1 aliphatic heterocycles. The fraction of sp³-hybridized carbons (Fsp3) is 0.650. The van der Waals surface area contributed by atoms with E-state index in [1.807, 2.05) is 12.1 Å². The highest BCUT2D eigenvalue weighted by molar-refractivity contribution is 7.89. The number of quaternary nitrogens is 1. The molecule has 0 unspecified atom stereocenters. The molecule has 27 heavy (non-hydrogen) atoms. The highest BCUT2D eigenvalue weighted by atomic mass is 32.2. The molecule has 2 rings (SSSR count). The predicted octanol–water partition coefficient (Wildman–Crippen LogP) is 0.790. The molecule has 0 saturated carbocycles. The van der Waals surface area contributed by atoms with Gasteiger partial charge in [0.2, 0.25) is 10.0 Å². The first-order chi connectivity index (χ1) is 12.6. The van der Waals surface area contributed by atoms with E-state index in [-0.39, 0.29) is 11.3 Å². The third-order valence-electron chi connectivity index (χ3n) is 5.05. The summed E-state index contributed by atoms with van der Waals surface area (Å²) in [6.45, 7) is 11.7. The first-order valence-corrected chi connectivity index (χ1v) is 11.3. The average Bonchev–Trinajstić information content (AvgIpc) is 2.62. The fourth-order valence-corrected chi connectivity index (χ4v) is 4.63. The van der Waals surface area contributed by atoms with Crippen molar-refractivity contribution in [3.63, 3.8) is 0 Å². The number of unbranched alkanes of at least 4 members (excludes halogenated alkanes) is 1. The third kappa shape index (κ3) is 6.02. The number of amides is 1. The van der Waals surface area contributed by atoms with Crippen molar-refractivity contribution in [2.75, 3.05) is 39.3 Å². The number of hydrogen-bond acceptors (Lipinski definition) is 3. The molecule has 0 atom stereocenters. The summed E-state index contributed by atoms with van der Waals surface area (Å²) in [5.74, 6) is 0.0486. The van der Waals surface area contributed by atoms with Gasteiger partial charge < -0.3 is 10.2 Å². The Morgan fingerprint density at radius 3 is 2.26 bits per heavy atom. The second kappa shape index (κ2) is 9.17. The summed E-state index contributed by atoms with van der Waals surface area (Å²) in [5.41, 5.74) is 1.11. The molecular weight excluding hydrogens is 362 g/mol. The normalized spacial score (nSPS) is 17.0. The molecule has 1 aromatic rings. The maximum Gasteiger partial charge on any atom is 0.275 e. The molecule has 152 valence electrons. The van der Waals surface area contributed by atoms with E-state index in [2.05, 4.69) is 33.0 Å². The number of benzene rings is 1. The molecule has 0 aliphatic carbocycles. The van der Waals surface area contributed by atoms with Crippen LogP contribution in [0.5, 0.6) is 0 Å². The zero-order valence-corrected chi connectivity index (χ0v) is 17.9. The summed E-state index contributed by atoms with van der Waals surface area (Å²) in [7, 11) is -3.47. The number of nitrogens with one attached hydrogen (secondary N) is 2. The number of rotatable bonds is 7. The Bertz CT molecular complexity index is 716. The zero-order chi connectivity index (χ0) is 20.1. The molecule has 0 radical (unpaired) electrons. The van der Waals surface area contributed by atoms with Gasteiger partial charge in [0.15, 0.2) is 6.54 Å². The van der Waals surface area contributed by atoms with Crippen molar-refractivity contribution in [3.8, 4) is 0 Å². The summed E-state index contributed by atoms with van der Waals surface area (Å²) >= 11 is 0. The highest BCUT2D eigenvalue weighted by Crippen LogP contribution is 2.24. The quantitative estimate of drug-likeness (QED) is 0.670. The van der Waals surface area contributed by atoms with Gasteiger partial charge in [-0.1, -0.05) is 46.2 Å². The van der Waals surface area contributed by atoms with Crippen LogP contribution in [0, 0.1) is 0 Å². The van der Waals surface area contributed by atoms with Crippen LogP contribution < -0.4 is 10.2 Å². The minimum Gasteiger partial charge on any atom is -0.351 e. The van der Waals surface area contributed by atoms with Crippen LogP contribution in [0.2, 0.25) is 0 Å². The van der Waals surface area contributed by atoms with Gasteiger partial charge >= 0.3 is 0 Å². The van der Waals surface area contributed by atoms with Crippen molar-refractivity contribution in [3.05, 3.63) is 29.8 Å². The van der Waals surface area contributed by atoms with Gasteiger partial charge in [0.1, 0.15) is 0 Å². The molecule has 7 heteroatoms. The van der Waals surface area contributed by atoms with E-state index in [4.69, 9.17) is 0 Å². The van der Waals surface area contributed by atoms with Gasteiger partial charge in [-0.05, 0) is 29.5 Å². The lowest BCUT2D eigenvalue weighted by Crippen LogP contribution is -3.15. The van der Waals surface area contributed by atoms with Crippen LogP contribution in [-0.2, 0) is 20.2 Å². The van der Waals surface area contributed by atoms with Crippen LogP contribution in [0.3, 0.4) is 0 Å². The zero-order valence-electron chi connectivity index (χ0n) is 17.0. The SMILES string of the molecule is CCCCNC(=O)C[NH+]1CCN(S(=O)(=O)c2ccc(C(C)(C)C)cc2)CC1. The Kier molecular flexibility index (Phi) is 7.42. The Labute approximate surface area is 164 Å². The first kappa shape index (κ1) is 21.9. The lowest BCUT2D eigenvalue weighted by atomic mass is 9.87. The van der Waals surface area contributed by atoms with E-state index in [1.54, 1.807) is 12.1 Å². The van der Waals surface area contributed by atoms with Gasteiger partial charge in [-0.25, -0.2) is 8.42 Å². The summed E-state index contributed by atoms with van der Waals surface area (Å²) in [6.07, 6.45) is 2.04. The molecule has 0 spiro atoms. The third-order valence-corrected chi connectivity index (χ3v) is 6.96. The number of carbonyl (C=O) groups excluding carboxylic acids is 1. The summed E-state index contributed by atoms with van der Waals surface area (Å²) in [6, 6.07) is 7.21. The van der Waals surface area contributed by atoms with E-state index in [9.17, 15) is 13.2 Å². The molecule has 1 amide bonds. The van der Waals surface area contributed by atoms with Gasteiger partial charge in [0.25, 0.3) is 5.91 Å². The van der Waals surface area contributed by atoms with Crippen LogP contribution >= 0.6 is 0 Å². The maximum absolute atomic E-state index is 12.9. The second-order valence-corrected chi connectivity index (χ2v) is 10.2. The Morgan fingerprint density at radius 1 is 1.15 bits per heavy atom. The van der Waals surface area contributed by atoms with Gasteiger partial charge in [-0.2, -0.15) is 4.31 Å². The molecular formula is C20H34N3O3S+. The summed E-state index contributed by atoms with van der Waals surface area (Å²) < 4.78 is 27.3. The second-order valence-electron chi connectivity index (χ2n) is 8.31. The molecule has 1 fully saturated rings. The van der Waals surface area contributed by atoms with E-state index in [1.165, 1.54) is 4.31 Å². The molecule has 6 nitrogen and oxygen atoms in total. The molecule has 2 N–H and O–H groups in total. The molecule has 1 aliphatic rings. The van der Waals surface area contributed by atoms with Gasteiger partial charge in [0.05, 0.1) is 31.1 Å². The molecule has 1 saturated heterocycles. The Balaban J connectivity index is 1.91. The van der Waals surface area contributed by atoms with E-state index >= 15 is 0 Å². The van der Waals surface area contributed by atoms with Crippen molar-refractivity contribution in [1.82, 2.24) is 9.62 Å². The number of hydrogen-bond donors (Lipinski definition) is 2. The van der Waals surface area contributed by atoms with Crippen LogP contribution in [0.4, 0.5) is 0 Å². The standard InChI is InChI=1S/C20H33N3O3S/c1-5-6-11-21-19(24)16-22-12-14-23(15-13-22)27(25,26)18-9-7-17(8-10-18)20(2,3)4/h7-10H,5-6,11-16H2,1-4H3,(H,21,24)/p+1. The smallest absolute Gasteiger partial charge is 0.275 e. The molecule has 0 bridgehead atoms. The summed E-state index contributed by atoms with van der Waals surface area (Å²) in [4.78, 5) is 13.4. The van der Waals surface area contributed by atoms with E-state index in [0.717, 1.165) is 23.3 Å². The number of sulfonamides is 1. The lowest BCUT2D eigenvalue weighted by Gasteiger charge is -2.31. The van der Waals surface area contributed by atoms with Gasteiger partial charge in [-0.3, -0.25) is 4.79 Å². The molecule has 1 aromatic carbocycles. The predicted molar refractivity (Wildman–Crippen MR) is 107 cm³/mol. The van der Waals surface area contributed by atoms with Crippen molar-refractivity contribution in [2.45, 2.75) is 50.8 Å². The molecule has 1 heterocycles. The lowest BCUT2D eigenvalue weighted by molar-refractivity contribution is -0.895. The first-order valence-electron chi connectivity index (χ1n) is 9.85.